The number of ether oxygens (including phenoxy) is 1. The topological polar surface area (TPSA) is 73.4 Å². The van der Waals surface area contributed by atoms with E-state index in [0.29, 0.717) is 12.6 Å². The number of hydrogen-bond donors (Lipinski definition) is 1. The van der Waals surface area contributed by atoms with Gasteiger partial charge in [-0.25, -0.2) is 10.4 Å². The molecule has 7 heteroatoms. The summed E-state index contributed by atoms with van der Waals surface area (Å²) in [6.45, 7) is 6.34. The molecule has 2 heterocycles. The lowest BCUT2D eigenvalue weighted by molar-refractivity contribution is -0.142. The number of nitrogens with one attached hydrogen (secondary N) is 1. The molecule has 164 valence electrons. The highest BCUT2D eigenvalue weighted by atomic mass is 16.5. The molecule has 0 radical (unpaired) electrons. The first-order valence-electron chi connectivity index (χ1n) is 10.6. The van der Waals surface area contributed by atoms with Gasteiger partial charge in [-0.05, 0) is 56.7 Å². The van der Waals surface area contributed by atoms with Crippen molar-refractivity contribution in [3.63, 3.8) is 0 Å². The van der Waals surface area contributed by atoms with E-state index in [2.05, 4.69) is 40.0 Å². The summed E-state index contributed by atoms with van der Waals surface area (Å²) in [7, 11) is 1.96. The number of nitrogens with zero attached hydrogens (tertiary/aromatic N) is 4. The molecule has 2 aromatic carbocycles. The predicted octanol–water partition coefficient (Wildman–Crippen LogP) is 4.53. The standard InChI is InChI=1S/C25H27N5O2/c1-5-32-24(31)15-19-10-12-21(13-11-19)30-17(2)14-20(18(30)3)16-26-28-25-27-22-8-6-7-9-23(22)29(25)4/h6-14,16H,5,15H2,1-4H3,(H,27,28)/b26-16-. The first kappa shape index (κ1) is 21.4. The first-order chi connectivity index (χ1) is 15.5. The molecular formula is C25H27N5O2. The van der Waals surface area contributed by atoms with Gasteiger partial charge in [-0.2, -0.15) is 5.10 Å². The van der Waals surface area contributed by atoms with Crippen LogP contribution >= 0.6 is 0 Å². The van der Waals surface area contributed by atoms with Gasteiger partial charge >= 0.3 is 5.97 Å². The molecule has 0 saturated heterocycles. The van der Waals surface area contributed by atoms with E-state index in [0.717, 1.165) is 39.2 Å². The summed E-state index contributed by atoms with van der Waals surface area (Å²) in [6, 6.07) is 18.1. The molecule has 32 heavy (non-hydrogen) atoms. The summed E-state index contributed by atoms with van der Waals surface area (Å²) in [5.74, 6) is 0.480. The van der Waals surface area contributed by atoms with Gasteiger partial charge in [-0.1, -0.05) is 24.3 Å². The van der Waals surface area contributed by atoms with Gasteiger partial charge in [0.1, 0.15) is 0 Å². The van der Waals surface area contributed by atoms with Crippen molar-refractivity contribution in [3.8, 4) is 5.69 Å². The number of esters is 1. The molecule has 0 bridgehead atoms. The molecule has 0 aliphatic carbocycles. The van der Waals surface area contributed by atoms with Gasteiger partial charge < -0.3 is 13.9 Å². The zero-order valence-corrected chi connectivity index (χ0v) is 18.8. The molecule has 0 aliphatic rings. The summed E-state index contributed by atoms with van der Waals surface area (Å²) in [4.78, 5) is 16.3. The van der Waals surface area contributed by atoms with Crippen molar-refractivity contribution in [1.29, 1.82) is 0 Å². The minimum atomic E-state index is -0.208. The van der Waals surface area contributed by atoms with Crippen molar-refractivity contribution in [2.45, 2.75) is 27.2 Å². The van der Waals surface area contributed by atoms with E-state index < -0.39 is 0 Å². The Morgan fingerprint density at radius 3 is 2.62 bits per heavy atom. The molecule has 2 aromatic heterocycles. The maximum Gasteiger partial charge on any atom is 0.310 e. The van der Waals surface area contributed by atoms with Crippen LogP contribution in [0.25, 0.3) is 16.7 Å². The van der Waals surface area contributed by atoms with Crippen molar-refractivity contribution < 1.29 is 9.53 Å². The number of aromatic nitrogens is 3. The Labute approximate surface area is 187 Å². The van der Waals surface area contributed by atoms with Gasteiger partial charge in [-0.3, -0.25) is 4.79 Å². The van der Waals surface area contributed by atoms with Crippen LogP contribution < -0.4 is 5.43 Å². The first-order valence-corrected chi connectivity index (χ1v) is 10.6. The Morgan fingerprint density at radius 2 is 1.91 bits per heavy atom. The Balaban J connectivity index is 1.51. The lowest BCUT2D eigenvalue weighted by Gasteiger charge is -2.10. The lowest BCUT2D eigenvalue weighted by Crippen LogP contribution is -2.07. The van der Waals surface area contributed by atoms with Crippen molar-refractivity contribution in [2.24, 2.45) is 12.1 Å². The number of carbonyl (C=O) groups is 1. The fourth-order valence-electron chi connectivity index (χ4n) is 3.86. The quantitative estimate of drug-likeness (QED) is 0.266. The van der Waals surface area contributed by atoms with Crippen LogP contribution in [-0.4, -0.2) is 32.9 Å². The van der Waals surface area contributed by atoms with E-state index in [9.17, 15) is 4.79 Å². The van der Waals surface area contributed by atoms with Gasteiger partial charge in [0.2, 0.25) is 5.95 Å². The van der Waals surface area contributed by atoms with Gasteiger partial charge in [0, 0.05) is 29.7 Å². The Kier molecular flexibility index (Phi) is 6.07. The monoisotopic (exact) mass is 429 g/mol. The third-order valence-electron chi connectivity index (χ3n) is 5.47. The van der Waals surface area contributed by atoms with Crippen LogP contribution in [0.15, 0.2) is 59.7 Å². The molecule has 4 rings (SSSR count). The minimum absolute atomic E-state index is 0.208. The maximum absolute atomic E-state index is 11.7. The lowest BCUT2D eigenvalue weighted by atomic mass is 10.1. The SMILES string of the molecule is CCOC(=O)Cc1ccc(-n2c(C)cc(/C=N\Nc3nc4ccccc4n3C)c2C)cc1. The van der Waals surface area contributed by atoms with Crippen molar-refractivity contribution in [3.05, 3.63) is 77.1 Å². The molecule has 0 aliphatic heterocycles. The van der Waals surface area contributed by atoms with Crippen molar-refractivity contribution in [1.82, 2.24) is 14.1 Å². The molecule has 0 spiro atoms. The number of aryl methyl sites for hydroxylation is 2. The molecule has 0 unspecified atom stereocenters. The molecule has 0 fully saturated rings. The summed E-state index contributed by atoms with van der Waals surface area (Å²) in [5.41, 5.74) is 10.2. The summed E-state index contributed by atoms with van der Waals surface area (Å²) >= 11 is 0. The number of benzene rings is 2. The summed E-state index contributed by atoms with van der Waals surface area (Å²) < 4.78 is 9.18. The van der Waals surface area contributed by atoms with E-state index in [1.807, 2.05) is 73.3 Å². The minimum Gasteiger partial charge on any atom is -0.466 e. The van der Waals surface area contributed by atoms with Crippen LogP contribution in [0.4, 0.5) is 5.95 Å². The Morgan fingerprint density at radius 1 is 1.16 bits per heavy atom. The number of fused-ring (bicyclic) bond motifs is 1. The normalized spacial score (nSPS) is 11.4. The second-order valence-electron chi connectivity index (χ2n) is 7.66. The second-order valence-corrected chi connectivity index (χ2v) is 7.66. The number of imidazole rings is 1. The van der Waals surface area contributed by atoms with E-state index in [1.165, 1.54) is 0 Å². The maximum atomic E-state index is 11.7. The molecule has 0 atom stereocenters. The van der Waals surface area contributed by atoms with Gasteiger partial charge in [0.05, 0.1) is 30.3 Å². The third-order valence-corrected chi connectivity index (χ3v) is 5.47. The highest BCUT2D eigenvalue weighted by Gasteiger charge is 2.11. The fourth-order valence-corrected chi connectivity index (χ4v) is 3.86. The molecule has 4 aromatic rings. The second kappa shape index (κ2) is 9.09. The van der Waals surface area contributed by atoms with E-state index in [-0.39, 0.29) is 12.4 Å². The number of carbonyl (C=O) groups excluding carboxylic acids is 1. The highest BCUT2D eigenvalue weighted by molar-refractivity contribution is 5.83. The number of hydrazone groups is 1. The Bertz CT molecular complexity index is 1280. The molecule has 7 nitrogen and oxygen atoms in total. The van der Waals surface area contributed by atoms with Gasteiger partial charge in [0.25, 0.3) is 0 Å². The van der Waals surface area contributed by atoms with Gasteiger partial charge in [0.15, 0.2) is 0 Å². The van der Waals surface area contributed by atoms with E-state index >= 15 is 0 Å². The predicted molar refractivity (Wildman–Crippen MR) is 128 cm³/mol. The fraction of sp³-hybridized carbons (Fsp3) is 0.240. The molecule has 1 N–H and O–H groups in total. The van der Waals surface area contributed by atoms with Crippen LogP contribution in [-0.2, 0) is 23.0 Å². The van der Waals surface area contributed by atoms with Crippen LogP contribution in [0.1, 0.15) is 29.4 Å². The van der Waals surface area contributed by atoms with E-state index in [4.69, 9.17) is 4.74 Å². The molecular weight excluding hydrogens is 402 g/mol. The number of para-hydroxylation sites is 2. The number of hydrogen-bond acceptors (Lipinski definition) is 5. The molecule has 0 amide bonds. The zero-order valence-electron chi connectivity index (χ0n) is 18.8. The highest BCUT2D eigenvalue weighted by Crippen LogP contribution is 2.21. The number of rotatable bonds is 7. The zero-order chi connectivity index (χ0) is 22.7. The van der Waals surface area contributed by atoms with Crippen LogP contribution in [0.2, 0.25) is 0 Å². The van der Waals surface area contributed by atoms with Crippen LogP contribution in [0.5, 0.6) is 0 Å². The van der Waals surface area contributed by atoms with Crippen molar-refractivity contribution >= 4 is 29.2 Å². The van der Waals surface area contributed by atoms with Crippen molar-refractivity contribution in [2.75, 3.05) is 12.0 Å². The van der Waals surface area contributed by atoms with Crippen LogP contribution in [0.3, 0.4) is 0 Å². The van der Waals surface area contributed by atoms with Crippen LogP contribution in [0, 0.1) is 13.8 Å². The largest absolute Gasteiger partial charge is 0.466 e. The molecule has 0 saturated carbocycles. The van der Waals surface area contributed by atoms with Gasteiger partial charge in [-0.15, -0.1) is 0 Å². The average molecular weight is 430 g/mol. The third kappa shape index (κ3) is 4.27. The summed E-state index contributed by atoms with van der Waals surface area (Å²) in [5, 5.41) is 4.42. The Hall–Kier alpha value is -3.87. The summed E-state index contributed by atoms with van der Waals surface area (Å²) in [6.07, 6.45) is 2.09. The number of anilines is 1. The average Bonchev–Trinajstić information content (AvgIpc) is 3.25. The van der Waals surface area contributed by atoms with E-state index in [1.54, 1.807) is 0 Å². The smallest absolute Gasteiger partial charge is 0.310 e.